The zero-order chi connectivity index (χ0) is 18.3. The van der Waals surface area contributed by atoms with E-state index in [1.165, 1.54) is 16.4 Å². The van der Waals surface area contributed by atoms with E-state index in [1.807, 2.05) is 30.3 Å². The van der Waals surface area contributed by atoms with Gasteiger partial charge in [-0.2, -0.15) is 4.68 Å². The Bertz CT molecular complexity index is 989. The van der Waals surface area contributed by atoms with Crippen LogP contribution in [0.15, 0.2) is 47.6 Å². The van der Waals surface area contributed by atoms with Crippen LogP contribution in [0.4, 0.5) is 0 Å². The molecule has 1 atom stereocenters. The number of nitrogens with zero attached hydrogens (tertiary/aromatic N) is 3. The number of fused-ring (bicyclic) bond motifs is 1. The van der Waals surface area contributed by atoms with E-state index < -0.39 is 0 Å². The van der Waals surface area contributed by atoms with Gasteiger partial charge in [0.2, 0.25) is 0 Å². The summed E-state index contributed by atoms with van der Waals surface area (Å²) in [6.07, 6.45) is 0.320. The first-order valence-electron chi connectivity index (χ1n) is 7.81. The zero-order valence-corrected chi connectivity index (χ0v) is 16.0. The van der Waals surface area contributed by atoms with Crippen molar-refractivity contribution in [1.29, 1.82) is 0 Å². The highest BCUT2D eigenvalue weighted by molar-refractivity contribution is 7.99. The highest BCUT2D eigenvalue weighted by atomic mass is 35.5. The van der Waals surface area contributed by atoms with Crippen molar-refractivity contribution in [3.63, 3.8) is 0 Å². The Morgan fingerprint density at radius 2 is 1.92 bits per heavy atom. The van der Waals surface area contributed by atoms with E-state index in [-0.39, 0.29) is 11.2 Å². The number of aromatic nitrogens is 3. The SMILES string of the molecule is COc1ccc(-c2nc3n(n2)C(=O)C[C@@H](c2ccc(Cl)c(Cl)c2)S3)cc1. The van der Waals surface area contributed by atoms with Crippen molar-refractivity contribution >= 4 is 40.9 Å². The highest BCUT2D eigenvalue weighted by Crippen LogP contribution is 2.42. The second-order valence-corrected chi connectivity index (χ2v) is 7.72. The van der Waals surface area contributed by atoms with E-state index in [0.29, 0.717) is 27.4 Å². The van der Waals surface area contributed by atoms with Crippen LogP contribution in [0.25, 0.3) is 11.4 Å². The van der Waals surface area contributed by atoms with Gasteiger partial charge in [-0.3, -0.25) is 4.79 Å². The zero-order valence-electron chi connectivity index (χ0n) is 13.6. The second kappa shape index (κ2) is 6.95. The maximum Gasteiger partial charge on any atom is 0.250 e. The summed E-state index contributed by atoms with van der Waals surface area (Å²) in [5, 5.41) is 5.83. The number of carbonyl (C=O) groups is 1. The van der Waals surface area contributed by atoms with Crippen molar-refractivity contribution in [2.75, 3.05) is 7.11 Å². The van der Waals surface area contributed by atoms with Crippen molar-refractivity contribution < 1.29 is 9.53 Å². The van der Waals surface area contributed by atoms with Gasteiger partial charge in [-0.15, -0.1) is 5.10 Å². The minimum atomic E-state index is -0.0953. The fraction of sp³-hybridized carbons (Fsp3) is 0.167. The quantitative estimate of drug-likeness (QED) is 0.603. The third-order valence-electron chi connectivity index (χ3n) is 4.09. The summed E-state index contributed by atoms with van der Waals surface area (Å²) in [6, 6.07) is 12.8. The maximum atomic E-state index is 12.5. The summed E-state index contributed by atoms with van der Waals surface area (Å²) in [5.41, 5.74) is 1.77. The molecule has 0 amide bonds. The lowest BCUT2D eigenvalue weighted by atomic mass is 10.1. The number of rotatable bonds is 3. The van der Waals surface area contributed by atoms with Gasteiger partial charge in [0.15, 0.2) is 11.0 Å². The third kappa shape index (κ3) is 3.20. The average molecular weight is 406 g/mol. The van der Waals surface area contributed by atoms with Gasteiger partial charge in [0.05, 0.1) is 17.2 Å². The molecule has 1 aromatic heterocycles. The Kier molecular flexibility index (Phi) is 4.65. The van der Waals surface area contributed by atoms with Crippen LogP contribution in [0.1, 0.15) is 22.0 Å². The summed E-state index contributed by atoms with van der Waals surface area (Å²) < 4.78 is 6.53. The van der Waals surface area contributed by atoms with Crippen LogP contribution < -0.4 is 4.74 Å². The molecule has 0 bridgehead atoms. The van der Waals surface area contributed by atoms with Gasteiger partial charge >= 0.3 is 0 Å². The predicted octanol–water partition coefficient (Wildman–Crippen LogP) is 5.14. The number of halogens is 2. The van der Waals surface area contributed by atoms with E-state index in [9.17, 15) is 4.79 Å². The molecule has 2 aromatic carbocycles. The van der Waals surface area contributed by atoms with Crippen LogP contribution in [0.3, 0.4) is 0 Å². The molecular formula is C18H13Cl2N3O2S. The van der Waals surface area contributed by atoms with Gasteiger partial charge in [0.1, 0.15) is 5.75 Å². The van der Waals surface area contributed by atoms with Crippen molar-refractivity contribution in [3.8, 4) is 17.1 Å². The normalized spacial score (nSPS) is 16.4. The van der Waals surface area contributed by atoms with Gasteiger partial charge < -0.3 is 4.74 Å². The maximum absolute atomic E-state index is 12.5. The fourth-order valence-corrected chi connectivity index (χ4v) is 4.16. The number of ether oxygens (including phenoxy) is 1. The summed E-state index contributed by atoms with van der Waals surface area (Å²) >= 11 is 13.6. The Morgan fingerprint density at radius 1 is 1.15 bits per heavy atom. The lowest BCUT2D eigenvalue weighted by Crippen LogP contribution is -2.20. The van der Waals surface area contributed by atoms with Gasteiger partial charge in [-0.1, -0.05) is 41.0 Å². The Balaban J connectivity index is 1.65. The Hall–Kier alpha value is -2.02. The summed E-state index contributed by atoms with van der Waals surface area (Å²) in [5.74, 6) is 1.17. The van der Waals surface area contributed by atoms with Crippen LogP contribution in [0, 0.1) is 0 Å². The van der Waals surface area contributed by atoms with Gasteiger partial charge in [-0.05, 0) is 42.0 Å². The smallest absolute Gasteiger partial charge is 0.250 e. The number of hydrogen-bond donors (Lipinski definition) is 0. The van der Waals surface area contributed by atoms with Crippen LogP contribution in [-0.2, 0) is 0 Å². The van der Waals surface area contributed by atoms with E-state index in [2.05, 4.69) is 10.1 Å². The Morgan fingerprint density at radius 3 is 2.62 bits per heavy atom. The Labute approximate surface area is 164 Å². The molecule has 5 nitrogen and oxygen atoms in total. The standard InChI is InChI=1S/C18H13Cl2N3O2S/c1-25-12-5-2-10(3-6-12)17-21-18-23(22-17)16(24)9-15(26-18)11-4-7-13(19)14(20)8-11/h2-8,15H,9H2,1H3/t15-/m0/s1. The monoisotopic (exact) mass is 405 g/mol. The molecule has 0 spiro atoms. The van der Waals surface area contributed by atoms with E-state index in [0.717, 1.165) is 16.9 Å². The molecular weight excluding hydrogens is 393 g/mol. The van der Waals surface area contributed by atoms with Crippen LogP contribution in [0.5, 0.6) is 5.75 Å². The lowest BCUT2D eigenvalue weighted by Gasteiger charge is -2.20. The van der Waals surface area contributed by atoms with Gasteiger partial charge in [0, 0.05) is 17.2 Å². The van der Waals surface area contributed by atoms with E-state index in [4.69, 9.17) is 27.9 Å². The largest absolute Gasteiger partial charge is 0.497 e. The van der Waals surface area contributed by atoms with Crippen LogP contribution in [0.2, 0.25) is 10.0 Å². The third-order valence-corrected chi connectivity index (χ3v) is 6.02. The van der Waals surface area contributed by atoms with Crippen molar-refractivity contribution in [2.24, 2.45) is 0 Å². The summed E-state index contributed by atoms with van der Waals surface area (Å²) in [4.78, 5) is 17.1. The summed E-state index contributed by atoms with van der Waals surface area (Å²) in [6.45, 7) is 0. The molecule has 0 fully saturated rings. The molecule has 1 aliphatic rings. The topological polar surface area (TPSA) is 57.0 Å². The minimum absolute atomic E-state index is 0.0716. The molecule has 132 valence electrons. The second-order valence-electron chi connectivity index (χ2n) is 5.74. The average Bonchev–Trinajstić information content (AvgIpc) is 3.09. The molecule has 2 heterocycles. The first-order valence-corrected chi connectivity index (χ1v) is 9.45. The van der Waals surface area contributed by atoms with Crippen molar-refractivity contribution in [3.05, 3.63) is 58.1 Å². The molecule has 0 unspecified atom stereocenters. The molecule has 26 heavy (non-hydrogen) atoms. The van der Waals surface area contributed by atoms with E-state index in [1.54, 1.807) is 19.2 Å². The number of benzene rings is 2. The molecule has 0 saturated heterocycles. The van der Waals surface area contributed by atoms with Gasteiger partial charge in [0.25, 0.3) is 5.91 Å². The van der Waals surface area contributed by atoms with Crippen molar-refractivity contribution in [2.45, 2.75) is 16.8 Å². The van der Waals surface area contributed by atoms with Crippen LogP contribution >= 0.6 is 35.0 Å². The van der Waals surface area contributed by atoms with Crippen LogP contribution in [-0.4, -0.2) is 27.8 Å². The summed E-state index contributed by atoms with van der Waals surface area (Å²) in [7, 11) is 1.61. The van der Waals surface area contributed by atoms with Crippen molar-refractivity contribution in [1.82, 2.24) is 14.8 Å². The first-order chi connectivity index (χ1) is 12.5. The molecule has 0 aliphatic carbocycles. The first kappa shape index (κ1) is 17.4. The minimum Gasteiger partial charge on any atom is -0.497 e. The molecule has 4 rings (SSSR count). The highest BCUT2D eigenvalue weighted by Gasteiger charge is 2.30. The molecule has 0 N–H and O–H groups in total. The molecule has 1 aliphatic heterocycles. The number of thioether (sulfide) groups is 1. The molecule has 8 heteroatoms. The number of hydrogen-bond acceptors (Lipinski definition) is 5. The fourth-order valence-electron chi connectivity index (χ4n) is 2.71. The molecule has 3 aromatic rings. The van der Waals surface area contributed by atoms with E-state index >= 15 is 0 Å². The number of methoxy groups -OCH3 is 1. The lowest BCUT2D eigenvalue weighted by molar-refractivity contribution is 0.0868. The van der Waals surface area contributed by atoms with Gasteiger partial charge in [-0.25, -0.2) is 4.98 Å². The molecule has 0 radical (unpaired) electrons. The number of carbonyl (C=O) groups excluding carboxylic acids is 1. The molecule has 0 saturated carbocycles. The predicted molar refractivity (Wildman–Crippen MR) is 102 cm³/mol.